The Hall–Kier alpha value is -1.42. The van der Waals surface area contributed by atoms with E-state index < -0.39 is 12.0 Å². The highest BCUT2D eigenvalue weighted by atomic mass is 16.4. The number of carbonyl (C=O) groups is 1. The quantitative estimate of drug-likeness (QED) is 0.764. The lowest BCUT2D eigenvalue weighted by atomic mass is 10.1. The molecule has 80 valence electrons. The lowest BCUT2D eigenvalue weighted by Crippen LogP contribution is -2.31. The number of carboxylic acids is 1. The molecule has 4 heteroatoms. The Morgan fingerprint density at radius 1 is 1.53 bits per heavy atom. The molecule has 1 aromatic heterocycles. The van der Waals surface area contributed by atoms with Crippen molar-refractivity contribution in [3.63, 3.8) is 0 Å². The van der Waals surface area contributed by atoms with E-state index in [0.29, 0.717) is 6.42 Å². The van der Waals surface area contributed by atoms with Gasteiger partial charge >= 0.3 is 5.97 Å². The van der Waals surface area contributed by atoms with Gasteiger partial charge in [0.25, 0.3) is 0 Å². The Morgan fingerprint density at radius 2 is 2.33 bits per heavy atom. The van der Waals surface area contributed by atoms with Gasteiger partial charge in [-0.1, -0.05) is 6.07 Å². The van der Waals surface area contributed by atoms with E-state index in [2.05, 4.69) is 16.4 Å². The van der Waals surface area contributed by atoms with Crippen molar-refractivity contribution in [1.82, 2.24) is 10.3 Å². The zero-order chi connectivity index (χ0) is 10.8. The minimum atomic E-state index is -0.766. The van der Waals surface area contributed by atoms with Crippen molar-refractivity contribution in [2.24, 2.45) is 0 Å². The van der Waals surface area contributed by atoms with Gasteiger partial charge in [0.05, 0.1) is 0 Å². The number of hydrogen-bond donors (Lipinski definition) is 2. The first-order valence-corrected chi connectivity index (χ1v) is 5.07. The van der Waals surface area contributed by atoms with Crippen molar-refractivity contribution in [2.45, 2.75) is 31.8 Å². The van der Waals surface area contributed by atoms with E-state index in [4.69, 9.17) is 5.11 Å². The molecule has 0 spiro atoms. The van der Waals surface area contributed by atoms with Crippen molar-refractivity contribution in [1.29, 1.82) is 0 Å². The summed E-state index contributed by atoms with van der Waals surface area (Å²) in [6.45, 7) is 1.99. The summed E-state index contributed by atoms with van der Waals surface area (Å²) in [6, 6.07) is 1.78. The Balaban J connectivity index is 2.11. The van der Waals surface area contributed by atoms with Gasteiger partial charge in [-0.05, 0) is 30.9 Å². The Labute approximate surface area is 88.3 Å². The third kappa shape index (κ3) is 2.15. The topological polar surface area (TPSA) is 62.2 Å². The molecular weight excluding hydrogens is 192 g/mol. The summed E-state index contributed by atoms with van der Waals surface area (Å²) in [5, 5.41) is 11.9. The molecule has 2 unspecified atom stereocenters. The number of rotatable bonds is 2. The number of aromatic nitrogens is 1. The van der Waals surface area contributed by atoms with Crippen LogP contribution in [0.2, 0.25) is 0 Å². The molecule has 15 heavy (non-hydrogen) atoms. The first kappa shape index (κ1) is 10.1. The molecular formula is C11H14N2O2. The molecule has 1 aliphatic heterocycles. The molecule has 1 fully saturated rings. The Kier molecular flexibility index (Phi) is 2.68. The number of carboxylic acid groups (broad SMARTS) is 1. The van der Waals surface area contributed by atoms with Crippen LogP contribution in [0.1, 0.15) is 30.0 Å². The standard InChI is InChI=1S/C11H14N2O2/c1-7-4-8(6-12-5-7)9-2-3-10(13-9)11(14)15/h4-6,9-10,13H,2-3H2,1H3,(H,14,15). The lowest BCUT2D eigenvalue weighted by Gasteiger charge is -2.12. The third-order valence-corrected chi connectivity index (χ3v) is 2.74. The van der Waals surface area contributed by atoms with Crippen LogP contribution in [0.4, 0.5) is 0 Å². The number of aliphatic carboxylic acids is 1. The van der Waals surface area contributed by atoms with E-state index in [1.54, 1.807) is 12.4 Å². The first-order valence-electron chi connectivity index (χ1n) is 5.07. The van der Waals surface area contributed by atoms with Crippen molar-refractivity contribution in [3.05, 3.63) is 29.6 Å². The van der Waals surface area contributed by atoms with Crippen LogP contribution in [0.15, 0.2) is 18.5 Å². The molecule has 2 rings (SSSR count). The largest absolute Gasteiger partial charge is 0.480 e. The van der Waals surface area contributed by atoms with E-state index in [0.717, 1.165) is 17.5 Å². The van der Waals surface area contributed by atoms with Crippen LogP contribution in [0.5, 0.6) is 0 Å². The molecule has 0 saturated carbocycles. The average molecular weight is 206 g/mol. The van der Waals surface area contributed by atoms with Crippen LogP contribution in [0.3, 0.4) is 0 Å². The molecule has 0 radical (unpaired) electrons. The van der Waals surface area contributed by atoms with E-state index in [-0.39, 0.29) is 6.04 Å². The molecule has 0 bridgehead atoms. The van der Waals surface area contributed by atoms with Gasteiger partial charge in [0, 0.05) is 18.4 Å². The van der Waals surface area contributed by atoms with Gasteiger partial charge in [-0.25, -0.2) is 0 Å². The summed E-state index contributed by atoms with van der Waals surface area (Å²) in [5.74, 6) is -0.766. The Morgan fingerprint density at radius 3 is 2.93 bits per heavy atom. The minimum Gasteiger partial charge on any atom is -0.480 e. The van der Waals surface area contributed by atoms with Crippen LogP contribution in [0.25, 0.3) is 0 Å². The fourth-order valence-electron chi connectivity index (χ4n) is 1.97. The molecule has 4 nitrogen and oxygen atoms in total. The fraction of sp³-hybridized carbons (Fsp3) is 0.455. The first-order chi connectivity index (χ1) is 7.16. The number of nitrogens with one attached hydrogen (secondary N) is 1. The second-order valence-corrected chi connectivity index (χ2v) is 3.98. The molecule has 2 atom stereocenters. The maximum atomic E-state index is 10.8. The average Bonchev–Trinajstić information content (AvgIpc) is 2.66. The second-order valence-electron chi connectivity index (χ2n) is 3.98. The van der Waals surface area contributed by atoms with Gasteiger partial charge in [0.2, 0.25) is 0 Å². The summed E-state index contributed by atoms with van der Waals surface area (Å²) < 4.78 is 0. The highest BCUT2D eigenvalue weighted by molar-refractivity contribution is 5.73. The molecule has 0 amide bonds. The summed E-state index contributed by atoms with van der Waals surface area (Å²) in [7, 11) is 0. The maximum absolute atomic E-state index is 10.8. The van der Waals surface area contributed by atoms with Crippen LogP contribution in [0, 0.1) is 6.92 Å². The van der Waals surface area contributed by atoms with Gasteiger partial charge < -0.3 is 5.11 Å². The summed E-state index contributed by atoms with van der Waals surface area (Å²) >= 11 is 0. The highest BCUT2D eigenvalue weighted by Crippen LogP contribution is 2.26. The number of nitrogens with zero attached hydrogens (tertiary/aromatic N) is 1. The molecule has 1 aromatic rings. The fourth-order valence-corrected chi connectivity index (χ4v) is 1.97. The summed E-state index contributed by atoms with van der Waals surface area (Å²) in [4.78, 5) is 14.9. The number of hydrogen-bond acceptors (Lipinski definition) is 3. The van der Waals surface area contributed by atoms with Gasteiger partial charge in [0.1, 0.15) is 6.04 Å². The third-order valence-electron chi connectivity index (χ3n) is 2.74. The number of aryl methyl sites for hydroxylation is 1. The van der Waals surface area contributed by atoms with Gasteiger partial charge in [-0.2, -0.15) is 0 Å². The number of pyridine rings is 1. The van der Waals surface area contributed by atoms with Crippen LogP contribution in [-0.2, 0) is 4.79 Å². The smallest absolute Gasteiger partial charge is 0.320 e. The molecule has 0 aliphatic carbocycles. The predicted octanol–water partition coefficient (Wildman–Crippen LogP) is 1.27. The lowest BCUT2D eigenvalue weighted by molar-refractivity contribution is -0.139. The van der Waals surface area contributed by atoms with E-state index >= 15 is 0 Å². The monoisotopic (exact) mass is 206 g/mol. The maximum Gasteiger partial charge on any atom is 0.320 e. The van der Waals surface area contributed by atoms with Gasteiger partial charge in [0.15, 0.2) is 0 Å². The van der Waals surface area contributed by atoms with Gasteiger partial charge in [-0.3, -0.25) is 15.1 Å². The van der Waals surface area contributed by atoms with E-state index in [1.807, 2.05) is 6.92 Å². The molecule has 1 aliphatic rings. The van der Waals surface area contributed by atoms with E-state index in [9.17, 15) is 4.79 Å². The van der Waals surface area contributed by atoms with Crippen molar-refractivity contribution < 1.29 is 9.90 Å². The molecule has 1 saturated heterocycles. The van der Waals surface area contributed by atoms with E-state index in [1.165, 1.54) is 0 Å². The zero-order valence-corrected chi connectivity index (χ0v) is 8.60. The zero-order valence-electron chi connectivity index (χ0n) is 8.60. The molecule has 2 N–H and O–H groups in total. The Bertz CT molecular complexity index is 379. The molecule has 0 aromatic carbocycles. The van der Waals surface area contributed by atoms with Crippen LogP contribution in [-0.4, -0.2) is 22.1 Å². The summed E-state index contributed by atoms with van der Waals surface area (Å²) in [6.07, 6.45) is 5.15. The summed E-state index contributed by atoms with van der Waals surface area (Å²) in [5.41, 5.74) is 2.19. The van der Waals surface area contributed by atoms with Crippen LogP contribution < -0.4 is 5.32 Å². The SMILES string of the molecule is Cc1cncc(C2CCC(C(=O)O)N2)c1. The van der Waals surface area contributed by atoms with Crippen molar-refractivity contribution in [3.8, 4) is 0 Å². The second kappa shape index (κ2) is 3.98. The molecule has 2 heterocycles. The van der Waals surface area contributed by atoms with Crippen LogP contribution >= 0.6 is 0 Å². The van der Waals surface area contributed by atoms with Gasteiger partial charge in [-0.15, -0.1) is 0 Å². The predicted molar refractivity (Wildman–Crippen MR) is 55.5 cm³/mol. The van der Waals surface area contributed by atoms with Crippen molar-refractivity contribution in [2.75, 3.05) is 0 Å². The normalized spacial score (nSPS) is 25.4. The highest BCUT2D eigenvalue weighted by Gasteiger charge is 2.29. The minimum absolute atomic E-state index is 0.137. The van der Waals surface area contributed by atoms with Crippen molar-refractivity contribution >= 4 is 5.97 Å².